The van der Waals surface area contributed by atoms with Crippen molar-refractivity contribution in [3.05, 3.63) is 35.6 Å². The predicted octanol–water partition coefficient (Wildman–Crippen LogP) is 1.93. The highest BCUT2D eigenvalue weighted by Gasteiger charge is 2.25. The molecule has 0 unspecified atom stereocenters. The van der Waals surface area contributed by atoms with Crippen molar-refractivity contribution in [1.29, 1.82) is 0 Å². The van der Waals surface area contributed by atoms with Gasteiger partial charge in [0.2, 0.25) is 0 Å². The van der Waals surface area contributed by atoms with Crippen molar-refractivity contribution >= 4 is 11.9 Å². The molecule has 1 amide bonds. The molecule has 0 radical (unpaired) electrons. The summed E-state index contributed by atoms with van der Waals surface area (Å²) in [6.07, 6.45) is 0. The van der Waals surface area contributed by atoms with Gasteiger partial charge in [-0.1, -0.05) is 0 Å². The van der Waals surface area contributed by atoms with Gasteiger partial charge in [-0.05, 0) is 45.0 Å². The molecule has 1 heterocycles. The minimum absolute atomic E-state index is 0.109. The second-order valence-electron chi connectivity index (χ2n) is 6.66. The SMILES string of the molecule is CC(C)(C)OC(=O)CN1CCN(C(=O)c2ccc(F)cc2)CC1. The number of ether oxygens (including phenoxy) is 1. The molecule has 1 saturated heterocycles. The van der Waals surface area contributed by atoms with Crippen LogP contribution in [-0.4, -0.2) is 60.0 Å². The summed E-state index contributed by atoms with van der Waals surface area (Å²) in [5, 5.41) is 0. The molecule has 6 heteroatoms. The zero-order valence-electron chi connectivity index (χ0n) is 13.8. The van der Waals surface area contributed by atoms with E-state index in [1.165, 1.54) is 24.3 Å². The normalized spacial score (nSPS) is 16.3. The van der Waals surface area contributed by atoms with Gasteiger partial charge in [-0.15, -0.1) is 0 Å². The molecule has 0 N–H and O–H groups in total. The topological polar surface area (TPSA) is 49.9 Å². The number of piperazine rings is 1. The highest BCUT2D eigenvalue weighted by molar-refractivity contribution is 5.94. The van der Waals surface area contributed by atoms with Crippen molar-refractivity contribution in [2.45, 2.75) is 26.4 Å². The van der Waals surface area contributed by atoms with E-state index in [2.05, 4.69) is 0 Å². The smallest absolute Gasteiger partial charge is 0.320 e. The molecule has 0 atom stereocenters. The Morgan fingerprint density at radius 3 is 2.17 bits per heavy atom. The van der Waals surface area contributed by atoms with E-state index in [0.717, 1.165) is 0 Å². The van der Waals surface area contributed by atoms with Gasteiger partial charge in [0, 0.05) is 31.7 Å². The van der Waals surface area contributed by atoms with Crippen molar-refractivity contribution in [2.75, 3.05) is 32.7 Å². The van der Waals surface area contributed by atoms with Gasteiger partial charge < -0.3 is 9.64 Å². The number of carbonyl (C=O) groups excluding carboxylic acids is 2. The number of hydrogen-bond donors (Lipinski definition) is 0. The van der Waals surface area contributed by atoms with Gasteiger partial charge in [0.1, 0.15) is 11.4 Å². The van der Waals surface area contributed by atoms with E-state index in [4.69, 9.17) is 4.74 Å². The van der Waals surface area contributed by atoms with Crippen LogP contribution in [0.15, 0.2) is 24.3 Å². The Balaban J connectivity index is 1.83. The average molecular weight is 322 g/mol. The molecule has 1 aromatic carbocycles. The predicted molar refractivity (Wildman–Crippen MR) is 84.6 cm³/mol. The molecule has 1 fully saturated rings. The number of amides is 1. The fraction of sp³-hybridized carbons (Fsp3) is 0.529. The third kappa shape index (κ3) is 5.32. The lowest BCUT2D eigenvalue weighted by Crippen LogP contribution is -2.50. The summed E-state index contributed by atoms with van der Waals surface area (Å²) in [6, 6.07) is 5.55. The molecule has 0 saturated carbocycles. The van der Waals surface area contributed by atoms with Gasteiger partial charge in [0.25, 0.3) is 5.91 Å². The van der Waals surface area contributed by atoms with E-state index in [-0.39, 0.29) is 24.2 Å². The van der Waals surface area contributed by atoms with Gasteiger partial charge in [0.15, 0.2) is 0 Å². The van der Waals surface area contributed by atoms with Gasteiger partial charge in [-0.2, -0.15) is 0 Å². The fourth-order valence-electron chi connectivity index (χ4n) is 2.44. The minimum Gasteiger partial charge on any atom is -0.459 e. The first-order valence-corrected chi connectivity index (χ1v) is 7.74. The lowest BCUT2D eigenvalue weighted by molar-refractivity contribution is -0.156. The van der Waals surface area contributed by atoms with Crippen LogP contribution in [0.3, 0.4) is 0 Å². The third-order valence-electron chi connectivity index (χ3n) is 3.52. The lowest BCUT2D eigenvalue weighted by Gasteiger charge is -2.34. The number of hydrogen-bond acceptors (Lipinski definition) is 4. The Kier molecular flexibility index (Phi) is 5.36. The molecule has 0 bridgehead atoms. The summed E-state index contributed by atoms with van der Waals surface area (Å²) in [4.78, 5) is 27.8. The number of carbonyl (C=O) groups is 2. The van der Waals surface area contributed by atoms with Crippen LogP contribution < -0.4 is 0 Å². The van der Waals surface area contributed by atoms with E-state index < -0.39 is 5.60 Å². The number of benzene rings is 1. The van der Waals surface area contributed by atoms with E-state index in [0.29, 0.717) is 31.7 Å². The summed E-state index contributed by atoms with van der Waals surface area (Å²) in [5.41, 5.74) is -0.00994. The molecule has 5 nitrogen and oxygen atoms in total. The maximum Gasteiger partial charge on any atom is 0.320 e. The van der Waals surface area contributed by atoms with E-state index in [9.17, 15) is 14.0 Å². The first-order valence-electron chi connectivity index (χ1n) is 7.74. The molecule has 0 aliphatic carbocycles. The molecule has 1 aliphatic heterocycles. The van der Waals surface area contributed by atoms with Crippen molar-refractivity contribution in [2.24, 2.45) is 0 Å². The standard InChI is InChI=1S/C17H23FN2O3/c1-17(2,3)23-15(21)12-19-8-10-20(11-9-19)16(22)13-4-6-14(18)7-5-13/h4-7H,8-12H2,1-3H3. The number of halogens is 1. The molecule has 126 valence electrons. The van der Waals surface area contributed by atoms with Crippen molar-refractivity contribution in [3.8, 4) is 0 Å². The molecule has 1 aromatic rings. The first-order chi connectivity index (χ1) is 10.7. The van der Waals surface area contributed by atoms with Crippen LogP contribution in [0.2, 0.25) is 0 Å². The van der Waals surface area contributed by atoms with Crippen molar-refractivity contribution in [3.63, 3.8) is 0 Å². The molecule has 0 aromatic heterocycles. The van der Waals surface area contributed by atoms with Gasteiger partial charge in [-0.3, -0.25) is 14.5 Å². The Morgan fingerprint density at radius 2 is 1.65 bits per heavy atom. The molecular formula is C17H23FN2O3. The Labute approximate surface area is 136 Å². The summed E-state index contributed by atoms with van der Waals surface area (Å²) < 4.78 is 18.2. The monoisotopic (exact) mass is 322 g/mol. The maximum absolute atomic E-state index is 12.9. The number of rotatable bonds is 3. The van der Waals surface area contributed by atoms with Crippen LogP contribution in [0.5, 0.6) is 0 Å². The van der Waals surface area contributed by atoms with Gasteiger partial charge >= 0.3 is 5.97 Å². The van der Waals surface area contributed by atoms with Gasteiger partial charge in [0.05, 0.1) is 6.54 Å². The summed E-state index contributed by atoms with van der Waals surface area (Å²) >= 11 is 0. The highest BCUT2D eigenvalue weighted by Crippen LogP contribution is 2.11. The fourth-order valence-corrected chi connectivity index (χ4v) is 2.44. The number of esters is 1. The Morgan fingerprint density at radius 1 is 1.09 bits per heavy atom. The second kappa shape index (κ2) is 7.08. The first kappa shape index (κ1) is 17.4. The summed E-state index contributed by atoms with van der Waals surface area (Å²) in [6.45, 7) is 8.06. The lowest BCUT2D eigenvalue weighted by atomic mass is 10.1. The Hall–Kier alpha value is -1.95. The highest BCUT2D eigenvalue weighted by atomic mass is 19.1. The summed E-state index contributed by atoms with van der Waals surface area (Å²) in [5.74, 6) is -0.721. The molecule has 23 heavy (non-hydrogen) atoms. The second-order valence-corrected chi connectivity index (χ2v) is 6.66. The summed E-state index contributed by atoms with van der Waals surface area (Å²) in [7, 11) is 0. The van der Waals surface area contributed by atoms with Crippen LogP contribution in [0.25, 0.3) is 0 Å². The van der Waals surface area contributed by atoms with Crippen LogP contribution in [-0.2, 0) is 9.53 Å². The minimum atomic E-state index is -0.489. The molecule has 0 spiro atoms. The van der Waals surface area contributed by atoms with E-state index in [1.54, 1.807) is 4.90 Å². The largest absolute Gasteiger partial charge is 0.459 e. The third-order valence-corrected chi connectivity index (χ3v) is 3.52. The maximum atomic E-state index is 12.9. The van der Waals surface area contributed by atoms with Crippen LogP contribution in [0.4, 0.5) is 4.39 Å². The Bertz CT molecular complexity index is 558. The van der Waals surface area contributed by atoms with Crippen LogP contribution in [0, 0.1) is 5.82 Å². The van der Waals surface area contributed by atoms with Gasteiger partial charge in [-0.25, -0.2) is 4.39 Å². The van der Waals surface area contributed by atoms with Crippen molar-refractivity contribution in [1.82, 2.24) is 9.80 Å². The molecule has 2 rings (SSSR count). The zero-order chi connectivity index (χ0) is 17.0. The van der Waals surface area contributed by atoms with E-state index >= 15 is 0 Å². The average Bonchev–Trinajstić information content (AvgIpc) is 2.46. The van der Waals surface area contributed by atoms with E-state index in [1.807, 2.05) is 25.7 Å². The van der Waals surface area contributed by atoms with Crippen LogP contribution in [0.1, 0.15) is 31.1 Å². The zero-order valence-corrected chi connectivity index (χ0v) is 13.8. The quantitative estimate of drug-likeness (QED) is 0.798. The van der Waals surface area contributed by atoms with Crippen molar-refractivity contribution < 1.29 is 18.7 Å². The molecular weight excluding hydrogens is 299 g/mol. The van der Waals surface area contributed by atoms with Crippen LogP contribution >= 0.6 is 0 Å². The molecule has 1 aliphatic rings. The number of nitrogens with zero attached hydrogens (tertiary/aromatic N) is 2.